The minimum absolute atomic E-state index is 0.141. The fourth-order valence-corrected chi connectivity index (χ4v) is 3.37. The number of carbonyl (C=O) groups excluding carboxylic acids is 1. The number of allylic oxidation sites excluding steroid dienone is 4. The molecular weight excluding hydrogens is 334 g/mol. The van der Waals surface area contributed by atoms with Crippen LogP contribution in [0.2, 0.25) is 0 Å². The van der Waals surface area contributed by atoms with Crippen molar-refractivity contribution in [1.82, 2.24) is 4.90 Å². The standard InChI is InChI=1S/C20H35NO3S/c1-9-12-13-17(10-2)25-20(7,16-23-8)14-15-21(11-3)18(22)24-19(4,5)6/h9-10,12-13H,1,11,14-16H2,2-8H3/b13-12-,17-10+. The molecule has 0 spiro atoms. The van der Waals surface area contributed by atoms with Crippen LogP contribution < -0.4 is 0 Å². The second kappa shape index (κ2) is 11.4. The summed E-state index contributed by atoms with van der Waals surface area (Å²) in [6.07, 6.45) is 8.34. The highest BCUT2D eigenvalue weighted by Gasteiger charge is 2.29. The topological polar surface area (TPSA) is 38.8 Å². The molecule has 25 heavy (non-hydrogen) atoms. The first-order chi connectivity index (χ1) is 11.6. The summed E-state index contributed by atoms with van der Waals surface area (Å²) in [5, 5.41) is 0. The van der Waals surface area contributed by atoms with E-state index in [0.29, 0.717) is 19.7 Å². The van der Waals surface area contributed by atoms with Crippen LogP contribution in [0.5, 0.6) is 0 Å². The van der Waals surface area contributed by atoms with Crippen molar-refractivity contribution in [3.8, 4) is 0 Å². The molecule has 0 radical (unpaired) electrons. The Kier molecular flexibility index (Phi) is 10.9. The van der Waals surface area contributed by atoms with Gasteiger partial charge in [0.05, 0.1) is 6.61 Å². The molecule has 5 heteroatoms. The molecule has 0 fully saturated rings. The van der Waals surface area contributed by atoms with Gasteiger partial charge in [-0.1, -0.05) is 24.8 Å². The molecule has 0 aliphatic carbocycles. The fourth-order valence-electron chi connectivity index (χ4n) is 2.17. The van der Waals surface area contributed by atoms with Crippen LogP contribution in [0.1, 0.15) is 48.0 Å². The lowest BCUT2D eigenvalue weighted by Crippen LogP contribution is -2.40. The molecule has 0 saturated carbocycles. The molecule has 1 unspecified atom stereocenters. The zero-order valence-electron chi connectivity index (χ0n) is 16.9. The summed E-state index contributed by atoms with van der Waals surface area (Å²) in [5.41, 5.74) is -0.483. The number of methoxy groups -OCH3 is 1. The molecule has 4 nitrogen and oxygen atoms in total. The molecule has 0 N–H and O–H groups in total. The van der Waals surface area contributed by atoms with Crippen molar-refractivity contribution in [1.29, 1.82) is 0 Å². The van der Waals surface area contributed by atoms with Crippen LogP contribution in [0.25, 0.3) is 0 Å². The largest absolute Gasteiger partial charge is 0.444 e. The fraction of sp³-hybridized carbons (Fsp3) is 0.650. The normalized spacial score (nSPS) is 15.1. The van der Waals surface area contributed by atoms with Gasteiger partial charge in [0.25, 0.3) is 0 Å². The van der Waals surface area contributed by atoms with Crippen LogP contribution in [0.15, 0.2) is 35.8 Å². The van der Waals surface area contributed by atoms with Gasteiger partial charge < -0.3 is 14.4 Å². The smallest absolute Gasteiger partial charge is 0.410 e. The first-order valence-electron chi connectivity index (χ1n) is 8.72. The van der Waals surface area contributed by atoms with Gasteiger partial charge in [-0.3, -0.25) is 0 Å². The molecule has 1 atom stereocenters. The molecule has 0 aliphatic rings. The third-order valence-corrected chi connectivity index (χ3v) is 4.86. The third kappa shape index (κ3) is 10.4. The number of hydrogen-bond donors (Lipinski definition) is 0. The minimum atomic E-state index is -0.483. The van der Waals surface area contributed by atoms with Gasteiger partial charge in [-0.25, -0.2) is 4.79 Å². The first kappa shape index (κ1) is 23.8. The Morgan fingerprint density at radius 2 is 1.92 bits per heavy atom. The summed E-state index contributed by atoms with van der Waals surface area (Å²) >= 11 is 1.76. The maximum Gasteiger partial charge on any atom is 0.410 e. The Bertz CT molecular complexity index is 480. The summed E-state index contributed by atoms with van der Waals surface area (Å²) in [7, 11) is 1.71. The van der Waals surface area contributed by atoms with Gasteiger partial charge in [-0.2, -0.15) is 0 Å². The lowest BCUT2D eigenvalue weighted by Gasteiger charge is -2.32. The highest BCUT2D eigenvalue weighted by molar-refractivity contribution is 8.04. The number of nitrogens with zero attached hydrogens (tertiary/aromatic N) is 1. The molecule has 144 valence electrons. The Labute approximate surface area is 158 Å². The van der Waals surface area contributed by atoms with E-state index >= 15 is 0 Å². The Hall–Kier alpha value is -1.20. The van der Waals surface area contributed by atoms with E-state index < -0.39 is 5.60 Å². The molecule has 0 rings (SSSR count). The van der Waals surface area contributed by atoms with Crippen LogP contribution in [0.3, 0.4) is 0 Å². The summed E-state index contributed by atoms with van der Waals surface area (Å²) in [6, 6.07) is 0. The molecule has 0 saturated heterocycles. The van der Waals surface area contributed by atoms with Gasteiger partial charge >= 0.3 is 6.09 Å². The van der Waals surface area contributed by atoms with E-state index in [4.69, 9.17) is 9.47 Å². The maximum atomic E-state index is 12.3. The number of carbonyl (C=O) groups is 1. The first-order valence-corrected chi connectivity index (χ1v) is 9.53. The van der Waals surface area contributed by atoms with Gasteiger partial charge in [-0.05, 0) is 54.0 Å². The number of thioether (sulfide) groups is 1. The van der Waals surface area contributed by atoms with E-state index in [1.54, 1.807) is 29.8 Å². The van der Waals surface area contributed by atoms with Crippen molar-refractivity contribution in [2.24, 2.45) is 0 Å². The maximum absolute atomic E-state index is 12.3. The van der Waals surface area contributed by atoms with Crippen LogP contribution in [0, 0.1) is 0 Å². The van der Waals surface area contributed by atoms with Crippen molar-refractivity contribution >= 4 is 17.9 Å². The number of rotatable bonds is 10. The summed E-state index contributed by atoms with van der Waals surface area (Å²) in [5.74, 6) is 0. The van der Waals surface area contributed by atoms with Gasteiger partial charge in [0.1, 0.15) is 5.60 Å². The van der Waals surface area contributed by atoms with Crippen LogP contribution >= 0.6 is 11.8 Å². The lowest BCUT2D eigenvalue weighted by atomic mass is 10.1. The molecule has 0 aromatic heterocycles. The average Bonchev–Trinajstić information content (AvgIpc) is 2.50. The third-order valence-electron chi connectivity index (χ3n) is 3.44. The van der Waals surface area contributed by atoms with E-state index in [2.05, 4.69) is 19.6 Å². The molecule has 0 aromatic rings. The predicted octanol–water partition coefficient (Wildman–Crippen LogP) is 5.42. The van der Waals surface area contributed by atoms with Crippen molar-refractivity contribution in [2.75, 3.05) is 26.8 Å². The zero-order valence-corrected chi connectivity index (χ0v) is 17.7. The van der Waals surface area contributed by atoms with Crippen molar-refractivity contribution in [2.45, 2.75) is 58.3 Å². The molecule has 0 heterocycles. The van der Waals surface area contributed by atoms with Gasteiger partial charge in [-0.15, -0.1) is 11.8 Å². The van der Waals surface area contributed by atoms with Crippen LogP contribution in [-0.4, -0.2) is 48.1 Å². The predicted molar refractivity (Wildman–Crippen MR) is 109 cm³/mol. The Balaban J connectivity index is 5.00. The van der Waals surface area contributed by atoms with Gasteiger partial charge in [0, 0.05) is 29.9 Å². The van der Waals surface area contributed by atoms with Crippen molar-refractivity contribution < 1.29 is 14.3 Å². The lowest BCUT2D eigenvalue weighted by molar-refractivity contribution is 0.0248. The number of amides is 1. The Morgan fingerprint density at radius 3 is 2.36 bits per heavy atom. The van der Waals surface area contributed by atoms with Crippen molar-refractivity contribution in [3.63, 3.8) is 0 Å². The summed E-state index contributed by atoms with van der Waals surface area (Å²) in [6.45, 7) is 17.4. The highest BCUT2D eigenvalue weighted by atomic mass is 32.2. The van der Waals surface area contributed by atoms with E-state index in [9.17, 15) is 4.79 Å². The van der Waals surface area contributed by atoms with E-state index in [-0.39, 0.29) is 10.8 Å². The summed E-state index contributed by atoms with van der Waals surface area (Å²) in [4.78, 5) is 15.2. The second-order valence-electron chi connectivity index (χ2n) is 7.08. The van der Waals surface area contributed by atoms with E-state index in [1.165, 1.54) is 0 Å². The average molecular weight is 370 g/mol. The molecule has 0 aliphatic heterocycles. The van der Waals surface area contributed by atoms with Crippen molar-refractivity contribution in [3.05, 3.63) is 35.8 Å². The zero-order chi connectivity index (χ0) is 19.5. The summed E-state index contributed by atoms with van der Waals surface area (Å²) < 4.78 is 10.8. The van der Waals surface area contributed by atoms with Gasteiger partial charge in [0.2, 0.25) is 0 Å². The number of hydrogen-bond acceptors (Lipinski definition) is 4. The van der Waals surface area contributed by atoms with Crippen LogP contribution in [0.4, 0.5) is 4.79 Å². The highest BCUT2D eigenvalue weighted by Crippen LogP contribution is 2.36. The van der Waals surface area contributed by atoms with E-state index in [1.807, 2.05) is 46.8 Å². The molecule has 0 bridgehead atoms. The molecular formula is C20H35NO3S. The van der Waals surface area contributed by atoms with Crippen LogP contribution in [-0.2, 0) is 9.47 Å². The minimum Gasteiger partial charge on any atom is -0.444 e. The molecule has 0 aromatic carbocycles. The Morgan fingerprint density at radius 1 is 1.28 bits per heavy atom. The van der Waals surface area contributed by atoms with Gasteiger partial charge in [0.15, 0.2) is 0 Å². The number of ether oxygens (including phenoxy) is 2. The SMILES string of the molecule is C=C/C=C\C(=C/C)SC(C)(CCN(CC)C(=O)OC(C)(C)C)COC. The quantitative estimate of drug-likeness (QED) is 0.482. The molecule has 1 amide bonds. The van der Waals surface area contributed by atoms with E-state index in [0.717, 1.165) is 11.3 Å². The monoisotopic (exact) mass is 369 g/mol. The second-order valence-corrected chi connectivity index (χ2v) is 8.74.